The molecule has 0 unspecified atom stereocenters. The Bertz CT molecular complexity index is 440. The number of guanidine groups is 2. The molecule has 2 rings (SSSR count). The Kier molecular flexibility index (Phi) is 4.78. The van der Waals surface area contributed by atoms with E-state index in [0.29, 0.717) is 5.96 Å². The highest BCUT2D eigenvalue weighted by molar-refractivity contribution is 5.94. The number of aliphatic imine (C=N–C) groups is 2. The Morgan fingerprint density at radius 3 is 2.16 bits per heavy atom. The van der Waals surface area contributed by atoms with Crippen LogP contribution in [0.2, 0.25) is 0 Å². The predicted molar refractivity (Wildman–Crippen MR) is 79.4 cm³/mol. The standard InChI is InChI=1S/C14H21N5/c15-13(16)18-14(17-12-8-4-3-5-9-12)19-10-6-1-2-7-11-19/h3-5,8-9H,1-2,6-7,10-11H2,(H4,15,16,17,18). The molecule has 1 aliphatic heterocycles. The van der Waals surface area contributed by atoms with E-state index < -0.39 is 0 Å². The Balaban J connectivity index is 2.24. The van der Waals surface area contributed by atoms with Gasteiger partial charge >= 0.3 is 0 Å². The first kappa shape index (κ1) is 13.4. The van der Waals surface area contributed by atoms with Crippen LogP contribution in [-0.4, -0.2) is 29.9 Å². The average molecular weight is 259 g/mol. The molecule has 0 bridgehead atoms. The maximum absolute atomic E-state index is 5.51. The molecule has 0 amide bonds. The molecule has 1 aliphatic rings. The van der Waals surface area contributed by atoms with Crippen LogP contribution < -0.4 is 11.5 Å². The normalized spacial score (nSPS) is 16.8. The Hall–Kier alpha value is -2.04. The number of hydrogen-bond donors (Lipinski definition) is 2. The lowest BCUT2D eigenvalue weighted by molar-refractivity contribution is 0.431. The van der Waals surface area contributed by atoms with E-state index in [1.54, 1.807) is 0 Å². The summed E-state index contributed by atoms with van der Waals surface area (Å²) in [5.74, 6) is 0.673. The van der Waals surface area contributed by atoms with Crippen molar-refractivity contribution < 1.29 is 0 Å². The van der Waals surface area contributed by atoms with Crippen molar-refractivity contribution in [3.63, 3.8) is 0 Å². The van der Waals surface area contributed by atoms with E-state index in [1.807, 2.05) is 30.3 Å². The molecular formula is C14H21N5. The first-order valence-corrected chi connectivity index (χ1v) is 6.74. The largest absolute Gasteiger partial charge is 0.370 e. The van der Waals surface area contributed by atoms with Gasteiger partial charge in [-0.2, -0.15) is 4.99 Å². The van der Waals surface area contributed by atoms with Crippen molar-refractivity contribution >= 4 is 17.6 Å². The summed E-state index contributed by atoms with van der Waals surface area (Å²) in [5.41, 5.74) is 11.9. The minimum Gasteiger partial charge on any atom is -0.370 e. The molecule has 1 aromatic rings. The number of likely N-dealkylation sites (tertiary alicyclic amines) is 1. The van der Waals surface area contributed by atoms with Crippen LogP contribution in [0.4, 0.5) is 5.69 Å². The van der Waals surface area contributed by atoms with Gasteiger partial charge in [0, 0.05) is 13.1 Å². The van der Waals surface area contributed by atoms with E-state index in [-0.39, 0.29) is 5.96 Å². The fraction of sp³-hybridized carbons (Fsp3) is 0.429. The summed E-state index contributed by atoms with van der Waals surface area (Å²) in [6, 6.07) is 9.76. The minimum absolute atomic E-state index is 0.0546. The Morgan fingerprint density at radius 2 is 1.58 bits per heavy atom. The summed E-state index contributed by atoms with van der Waals surface area (Å²) in [7, 11) is 0. The van der Waals surface area contributed by atoms with Crippen LogP contribution in [0, 0.1) is 0 Å². The van der Waals surface area contributed by atoms with Crippen LogP contribution in [0.25, 0.3) is 0 Å². The van der Waals surface area contributed by atoms with Crippen molar-refractivity contribution in [2.75, 3.05) is 13.1 Å². The van der Waals surface area contributed by atoms with Gasteiger partial charge in [0.15, 0.2) is 5.96 Å². The number of hydrogen-bond acceptors (Lipinski definition) is 1. The SMILES string of the molecule is NC(N)=NC(=Nc1ccccc1)N1CCCCCC1. The van der Waals surface area contributed by atoms with Crippen LogP contribution in [-0.2, 0) is 0 Å². The van der Waals surface area contributed by atoms with Gasteiger partial charge in [0.25, 0.3) is 0 Å². The lowest BCUT2D eigenvalue weighted by atomic mass is 10.2. The van der Waals surface area contributed by atoms with Crippen LogP contribution in [0.15, 0.2) is 40.3 Å². The van der Waals surface area contributed by atoms with Crippen LogP contribution in [0.1, 0.15) is 25.7 Å². The zero-order valence-corrected chi connectivity index (χ0v) is 11.1. The maximum atomic E-state index is 5.51. The summed E-state index contributed by atoms with van der Waals surface area (Å²) in [4.78, 5) is 10.9. The molecule has 5 heteroatoms. The molecule has 102 valence electrons. The van der Waals surface area contributed by atoms with Gasteiger partial charge in [0.05, 0.1) is 5.69 Å². The summed E-state index contributed by atoms with van der Waals surface area (Å²) in [6.07, 6.45) is 4.84. The second-order valence-corrected chi connectivity index (χ2v) is 4.69. The van der Waals surface area contributed by atoms with E-state index in [4.69, 9.17) is 11.5 Å². The first-order chi connectivity index (χ1) is 9.25. The molecule has 19 heavy (non-hydrogen) atoms. The molecule has 0 aromatic heterocycles. The molecule has 0 spiro atoms. The number of nitrogens with zero attached hydrogens (tertiary/aromatic N) is 3. The topological polar surface area (TPSA) is 80.0 Å². The summed E-state index contributed by atoms with van der Waals surface area (Å²) < 4.78 is 0. The Morgan fingerprint density at radius 1 is 0.947 bits per heavy atom. The zero-order valence-electron chi connectivity index (χ0n) is 11.1. The van der Waals surface area contributed by atoms with Crippen LogP contribution in [0.5, 0.6) is 0 Å². The lowest BCUT2D eigenvalue weighted by Gasteiger charge is -2.21. The summed E-state index contributed by atoms with van der Waals surface area (Å²) in [5, 5.41) is 0. The fourth-order valence-electron chi connectivity index (χ4n) is 2.17. The monoisotopic (exact) mass is 259 g/mol. The quantitative estimate of drug-likeness (QED) is 0.596. The fourth-order valence-corrected chi connectivity index (χ4v) is 2.17. The molecule has 0 aliphatic carbocycles. The highest BCUT2D eigenvalue weighted by atomic mass is 15.3. The first-order valence-electron chi connectivity index (χ1n) is 6.74. The van der Waals surface area contributed by atoms with Crippen LogP contribution >= 0.6 is 0 Å². The molecule has 1 heterocycles. The second-order valence-electron chi connectivity index (χ2n) is 4.69. The van der Waals surface area contributed by atoms with Crippen molar-refractivity contribution in [2.24, 2.45) is 21.5 Å². The molecule has 0 saturated carbocycles. The van der Waals surface area contributed by atoms with Gasteiger partial charge in [0.2, 0.25) is 5.96 Å². The third-order valence-electron chi connectivity index (χ3n) is 3.10. The van der Waals surface area contributed by atoms with Gasteiger partial charge < -0.3 is 16.4 Å². The van der Waals surface area contributed by atoms with E-state index in [1.165, 1.54) is 12.8 Å². The van der Waals surface area contributed by atoms with Crippen LogP contribution in [0.3, 0.4) is 0 Å². The summed E-state index contributed by atoms with van der Waals surface area (Å²) >= 11 is 0. The van der Waals surface area contributed by atoms with Gasteiger partial charge in [-0.05, 0) is 25.0 Å². The van der Waals surface area contributed by atoms with Crippen molar-refractivity contribution in [3.8, 4) is 0 Å². The van der Waals surface area contributed by atoms with E-state index in [0.717, 1.165) is 31.6 Å². The van der Waals surface area contributed by atoms with Gasteiger partial charge in [-0.25, -0.2) is 4.99 Å². The smallest absolute Gasteiger partial charge is 0.229 e. The average Bonchev–Trinajstić information content (AvgIpc) is 2.67. The molecule has 1 aromatic carbocycles. The highest BCUT2D eigenvalue weighted by Gasteiger charge is 2.13. The van der Waals surface area contributed by atoms with Crippen molar-refractivity contribution in [1.29, 1.82) is 0 Å². The number of benzene rings is 1. The number of rotatable bonds is 1. The summed E-state index contributed by atoms with van der Waals surface area (Å²) in [6.45, 7) is 1.92. The van der Waals surface area contributed by atoms with Gasteiger partial charge in [-0.3, -0.25) is 0 Å². The highest BCUT2D eigenvalue weighted by Crippen LogP contribution is 2.15. The van der Waals surface area contributed by atoms with E-state index in [9.17, 15) is 0 Å². The molecule has 0 radical (unpaired) electrons. The lowest BCUT2D eigenvalue weighted by Crippen LogP contribution is -2.34. The molecular weight excluding hydrogens is 238 g/mol. The number of para-hydroxylation sites is 1. The van der Waals surface area contributed by atoms with Gasteiger partial charge in [-0.1, -0.05) is 31.0 Å². The van der Waals surface area contributed by atoms with Crippen molar-refractivity contribution in [1.82, 2.24) is 4.90 Å². The van der Waals surface area contributed by atoms with Crippen molar-refractivity contribution in [3.05, 3.63) is 30.3 Å². The molecule has 1 fully saturated rings. The number of nitrogens with two attached hydrogens (primary N) is 2. The molecule has 4 N–H and O–H groups in total. The zero-order chi connectivity index (χ0) is 13.5. The molecule has 0 atom stereocenters. The van der Waals surface area contributed by atoms with Gasteiger partial charge in [-0.15, -0.1) is 0 Å². The molecule has 5 nitrogen and oxygen atoms in total. The third-order valence-corrected chi connectivity index (χ3v) is 3.10. The van der Waals surface area contributed by atoms with Gasteiger partial charge in [0.1, 0.15) is 0 Å². The minimum atomic E-state index is 0.0546. The van der Waals surface area contributed by atoms with E-state index >= 15 is 0 Å². The third kappa shape index (κ3) is 4.28. The molecule has 1 saturated heterocycles. The van der Waals surface area contributed by atoms with Crippen molar-refractivity contribution in [2.45, 2.75) is 25.7 Å². The maximum Gasteiger partial charge on any atom is 0.229 e. The second kappa shape index (κ2) is 6.78. The van der Waals surface area contributed by atoms with E-state index in [2.05, 4.69) is 14.9 Å². The Labute approximate surface area is 114 Å². The predicted octanol–water partition coefficient (Wildman–Crippen LogP) is 1.82.